The molecule has 1 amide bonds. The van der Waals surface area contributed by atoms with Crippen molar-refractivity contribution >= 4 is 22.6 Å². The second-order valence-corrected chi connectivity index (χ2v) is 6.26. The number of rotatable bonds is 5. The molecular formula is C18H21N5O. The fourth-order valence-electron chi connectivity index (χ4n) is 2.66. The number of hydrogen-bond donors (Lipinski definition) is 3. The van der Waals surface area contributed by atoms with Crippen molar-refractivity contribution in [1.82, 2.24) is 15.0 Å². The van der Waals surface area contributed by atoms with E-state index in [1.165, 1.54) is 0 Å². The smallest absolute Gasteiger partial charge is 0.241 e. The maximum Gasteiger partial charge on any atom is 0.241 e. The highest BCUT2D eigenvalue weighted by Gasteiger charge is 2.15. The predicted molar refractivity (Wildman–Crippen MR) is 95.4 cm³/mol. The van der Waals surface area contributed by atoms with Crippen molar-refractivity contribution in [3.8, 4) is 11.3 Å². The van der Waals surface area contributed by atoms with Gasteiger partial charge in [-0.2, -0.15) is 0 Å². The lowest BCUT2D eigenvalue weighted by atomic mass is 10.0. The summed E-state index contributed by atoms with van der Waals surface area (Å²) in [7, 11) is 0. The first-order chi connectivity index (χ1) is 11.5. The van der Waals surface area contributed by atoms with Crippen LogP contribution in [0.5, 0.6) is 0 Å². The molecule has 6 nitrogen and oxygen atoms in total. The van der Waals surface area contributed by atoms with Crippen molar-refractivity contribution in [1.29, 1.82) is 0 Å². The summed E-state index contributed by atoms with van der Waals surface area (Å²) in [6.45, 7) is 4.08. The number of nitrogens with two attached hydrogens (primary N) is 1. The number of anilines is 1. The molecule has 4 N–H and O–H groups in total. The van der Waals surface area contributed by atoms with E-state index in [-0.39, 0.29) is 5.91 Å². The van der Waals surface area contributed by atoms with Crippen LogP contribution in [0.1, 0.15) is 20.3 Å². The lowest BCUT2D eigenvalue weighted by Crippen LogP contribution is -2.36. The number of pyridine rings is 2. The molecule has 24 heavy (non-hydrogen) atoms. The minimum absolute atomic E-state index is 0.185. The summed E-state index contributed by atoms with van der Waals surface area (Å²) in [5.74, 6) is 0.192. The van der Waals surface area contributed by atoms with E-state index in [1.807, 2.05) is 44.3 Å². The fourth-order valence-corrected chi connectivity index (χ4v) is 2.66. The molecule has 0 saturated heterocycles. The van der Waals surface area contributed by atoms with Crippen LogP contribution in [0, 0.1) is 5.92 Å². The average molecular weight is 323 g/mol. The van der Waals surface area contributed by atoms with E-state index in [0.29, 0.717) is 18.0 Å². The summed E-state index contributed by atoms with van der Waals surface area (Å²) in [6.07, 6.45) is 5.90. The third kappa shape index (κ3) is 3.44. The van der Waals surface area contributed by atoms with Crippen molar-refractivity contribution in [2.75, 3.05) is 5.32 Å². The Hall–Kier alpha value is -2.73. The first kappa shape index (κ1) is 16.1. The summed E-state index contributed by atoms with van der Waals surface area (Å²) in [4.78, 5) is 23.9. The summed E-state index contributed by atoms with van der Waals surface area (Å²) < 4.78 is 0. The molecule has 0 aliphatic rings. The van der Waals surface area contributed by atoms with E-state index in [2.05, 4.69) is 20.3 Å². The van der Waals surface area contributed by atoms with Gasteiger partial charge in [0, 0.05) is 23.3 Å². The number of fused-ring (bicyclic) bond motifs is 1. The second-order valence-electron chi connectivity index (χ2n) is 6.26. The molecule has 0 aromatic carbocycles. The highest BCUT2D eigenvalue weighted by atomic mass is 16.2. The largest absolute Gasteiger partial charge is 0.346 e. The van der Waals surface area contributed by atoms with Crippen LogP contribution in [-0.2, 0) is 4.79 Å². The summed E-state index contributed by atoms with van der Waals surface area (Å²) >= 11 is 0. The van der Waals surface area contributed by atoms with Crippen LogP contribution < -0.4 is 11.1 Å². The molecule has 0 aliphatic carbocycles. The van der Waals surface area contributed by atoms with E-state index < -0.39 is 6.04 Å². The molecule has 6 heteroatoms. The van der Waals surface area contributed by atoms with Gasteiger partial charge in [-0.1, -0.05) is 13.8 Å². The number of aromatic amines is 1. The normalized spacial score (nSPS) is 12.5. The van der Waals surface area contributed by atoms with Crippen molar-refractivity contribution in [2.45, 2.75) is 26.3 Å². The molecule has 0 aliphatic heterocycles. The maximum absolute atomic E-state index is 12.1. The van der Waals surface area contributed by atoms with E-state index in [1.54, 1.807) is 12.4 Å². The second kappa shape index (κ2) is 6.80. The molecule has 1 atom stereocenters. The van der Waals surface area contributed by atoms with Gasteiger partial charge in [-0.05, 0) is 36.6 Å². The summed E-state index contributed by atoms with van der Waals surface area (Å²) in [5.41, 5.74) is 9.18. The lowest BCUT2D eigenvalue weighted by molar-refractivity contribution is -0.117. The number of carbonyl (C=O) groups excluding carboxylic acids is 1. The van der Waals surface area contributed by atoms with Crippen molar-refractivity contribution in [3.05, 3.63) is 42.9 Å². The van der Waals surface area contributed by atoms with Crippen LogP contribution in [0.2, 0.25) is 0 Å². The molecule has 0 saturated carbocycles. The lowest BCUT2D eigenvalue weighted by Gasteiger charge is -2.14. The van der Waals surface area contributed by atoms with Crippen LogP contribution in [0.25, 0.3) is 22.3 Å². The Kier molecular flexibility index (Phi) is 4.57. The summed E-state index contributed by atoms with van der Waals surface area (Å²) in [6, 6.07) is 7.10. The highest BCUT2D eigenvalue weighted by Crippen LogP contribution is 2.25. The SMILES string of the molecule is CC(C)C[C@@H](N)C(=O)Nc1ccc(-c2ccnc3[nH]ccc23)nc1. The molecule has 0 unspecified atom stereocenters. The van der Waals surface area contributed by atoms with Crippen molar-refractivity contribution in [2.24, 2.45) is 11.7 Å². The molecule has 3 aromatic rings. The molecule has 0 spiro atoms. The van der Waals surface area contributed by atoms with Gasteiger partial charge in [-0.3, -0.25) is 9.78 Å². The summed E-state index contributed by atoms with van der Waals surface area (Å²) in [5, 5.41) is 3.83. The molecule has 0 radical (unpaired) electrons. The van der Waals surface area contributed by atoms with Gasteiger partial charge in [0.2, 0.25) is 5.91 Å². The topological polar surface area (TPSA) is 96.7 Å². The maximum atomic E-state index is 12.1. The van der Waals surface area contributed by atoms with Gasteiger partial charge in [-0.15, -0.1) is 0 Å². The van der Waals surface area contributed by atoms with E-state index >= 15 is 0 Å². The molecular weight excluding hydrogens is 302 g/mol. The van der Waals surface area contributed by atoms with Crippen LogP contribution in [0.4, 0.5) is 5.69 Å². The Labute approximate surface area is 140 Å². The number of carbonyl (C=O) groups is 1. The van der Waals surface area contributed by atoms with E-state index in [4.69, 9.17) is 5.73 Å². The van der Waals surface area contributed by atoms with Crippen LogP contribution >= 0.6 is 0 Å². The first-order valence-corrected chi connectivity index (χ1v) is 7.99. The van der Waals surface area contributed by atoms with Crippen molar-refractivity contribution < 1.29 is 4.79 Å². The Morgan fingerprint density at radius 2 is 2.08 bits per heavy atom. The van der Waals surface area contributed by atoms with Crippen LogP contribution in [0.15, 0.2) is 42.9 Å². The van der Waals surface area contributed by atoms with Gasteiger partial charge in [0.15, 0.2) is 0 Å². The Morgan fingerprint density at radius 1 is 1.25 bits per heavy atom. The highest BCUT2D eigenvalue weighted by molar-refractivity contribution is 5.95. The Bertz CT molecular complexity index is 838. The average Bonchev–Trinajstić information content (AvgIpc) is 3.03. The van der Waals surface area contributed by atoms with E-state index in [0.717, 1.165) is 22.3 Å². The van der Waals surface area contributed by atoms with Gasteiger partial charge >= 0.3 is 0 Å². The Morgan fingerprint density at radius 3 is 2.79 bits per heavy atom. The molecule has 0 bridgehead atoms. The van der Waals surface area contributed by atoms with Gasteiger partial charge < -0.3 is 16.0 Å². The Balaban J connectivity index is 1.76. The number of H-pyrrole nitrogens is 1. The number of nitrogens with zero attached hydrogens (tertiary/aromatic N) is 2. The zero-order valence-electron chi connectivity index (χ0n) is 13.8. The number of aromatic nitrogens is 3. The molecule has 3 heterocycles. The van der Waals surface area contributed by atoms with Crippen molar-refractivity contribution in [3.63, 3.8) is 0 Å². The number of amides is 1. The zero-order chi connectivity index (χ0) is 17.1. The quantitative estimate of drug-likeness (QED) is 0.672. The minimum Gasteiger partial charge on any atom is -0.346 e. The molecule has 0 fully saturated rings. The fraction of sp³-hybridized carbons (Fsp3) is 0.278. The molecule has 3 rings (SSSR count). The third-order valence-electron chi connectivity index (χ3n) is 3.83. The minimum atomic E-state index is -0.510. The molecule has 124 valence electrons. The van der Waals surface area contributed by atoms with Gasteiger partial charge in [0.25, 0.3) is 0 Å². The predicted octanol–water partition coefficient (Wildman–Crippen LogP) is 2.94. The first-order valence-electron chi connectivity index (χ1n) is 7.99. The molecule has 3 aromatic heterocycles. The van der Waals surface area contributed by atoms with E-state index in [9.17, 15) is 4.79 Å². The number of nitrogens with one attached hydrogen (secondary N) is 2. The van der Waals surface area contributed by atoms with Crippen LogP contribution in [0.3, 0.4) is 0 Å². The van der Waals surface area contributed by atoms with Crippen LogP contribution in [-0.4, -0.2) is 26.9 Å². The monoisotopic (exact) mass is 323 g/mol. The number of hydrogen-bond acceptors (Lipinski definition) is 4. The van der Waals surface area contributed by atoms with Gasteiger partial charge in [0.1, 0.15) is 5.65 Å². The third-order valence-corrected chi connectivity index (χ3v) is 3.83. The van der Waals surface area contributed by atoms with Gasteiger partial charge in [0.05, 0.1) is 23.6 Å². The standard InChI is InChI=1S/C18H21N5O/c1-11(2)9-15(19)18(24)23-12-3-4-16(22-10-12)13-5-7-20-17-14(13)6-8-21-17/h3-8,10-11,15H,9,19H2,1-2H3,(H,20,21)(H,23,24)/t15-/m1/s1. The van der Waals surface area contributed by atoms with Gasteiger partial charge in [-0.25, -0.2) is 4.98 Å². The zero-order valence-corrected chi connectivity index (χ0v) is 13.8.